The zero-order valence-electron chi connectivity index (χ0n) is 10.7. The summed E-state index contributed by atoms with van der Waals surface area (Å²) in [6.07, 6.45) is 6.80. The van der Waals surface area contributed by atoms with Crippen molar-refractivity contribution in [2.45, 2.75) is 72.2 Å². The molecule has 0 aromatic heterocycles. The van der Waals surface area contributed by atoms with Crippen molar-refractivity contribution in [3.8, 4) is 0 Å². The molecule has 2 heteroatoms. The molecule has 90 valence electrons. The molecule has 0 unspecified atom stereocenters. The van der Waals surface area contributed by atoms with Gasteiger partial charge in [-0.2, -0.15) is 0 Å². The monoisotopic (exact) mass is 214 g/mol. The quantitative estimate of drug-likeness (QED) is 0.649. The summed E-state index contributed by atoms with van der Waals surface area (Å²) in [5.41, 5.74) is 0.179. The molecule has 0 radical (unpaired) electrons. The topological polar surface area (TPSA) is 18.5 Å². The van der Waals surface area contributed by atoms with E-state index in [1.807, 2.05) is 6.92 Å². The predicted octanol–water partition coefficient (Wildman–Crippen LogP) is 3.74. The van der Waals surface area contributed by atoms with E-state index in [-0.39, 0.29) is 11.7 Å². The third kappa shape index (κ3) is 4.12. The Kier molecular flexibility index (Phi) is 5.07. The van der Waals surface area contributed by atoms with Crippen LogP contribution in [0.15, 0.2) is 0 Å². The van der Waals surface area contributed by atoms with Crippen LogP contribution in [-0.4, -0.2) is 19.0 Å². The summed E-state index contributed by atoms with van der Waals surface area (Å²) in [6.45, 7) is 9.55. The lowest BCUT2D eigenvalue weighted by Crippen LogP contribution is -2.44. The molecule has 15 heavy (non-hydrogen) atoms. The fourth-order valence-corrected chi connectivity index (χ4v) is 2.10. The van der Waals surface area contributed by atoms with Gasteiger partial charge in [0.1, 0.15) is 0 Å². The van der Waals surface area contributed by atoms with Gasteiger partial charge in [-0.3, -0.25) is 0 Å². The van der Waals surface area contributed by atoms with Crippen LogP contribution in [0.3, 0.4) is 0 Å². The minimum Gasteiger partial charge on any atom is -0.352 e. The fraction of sp³-hybridized carbons (Fsp3) is 1.00. The third-order valence-electron chi connectivity index (χ3n) is 3.24. The lowest BCUT2D eigenvalue weighted by molar-refractivity contribution is -0.253. The average Bonchev–Trinajstić information content (AvgIpc) is 2.18. The molecule has 1 saturated heterocycles. The first-order valence-corrected chi connectivity index (χ1v) is 6.33. The highest BCUT2D eigenvalue weighted by Gasteiger charge is 2.36. The number of ether oxygens (including phenoxy) is 2. The van der Waals surface area contributed by atoms with Crippen molar-refractivity contribution in [2.75, 3.05) is 6.61 Å². The van der Waals surface area contributed by atoms with Gasteiger partial charge in [0, 0.05) is 5.41 Å². The molecule has 2 atom stereocenters. The summed E-state index contributed by atoms with van der Waals surface area (Å²) in [6, 6.07) is 0. The first-order valence-electron chi connectivity index (χ1n) is 6.33. The van der Waals surface area contributed by atoms with E-state index in [0.29, 0.717) is 6.10 Å². The van der Waals surface area contributed by atoms with E-state index >= 15 is 0 Å². The van der Waals surface area contributed by atoms with E-state index in [1.54, 1.807) is 0 Å². The van der Waals surface area contributed by atoms with Gasteiger partial charge in [-0.05, 0) is 13.3 Å². The summed E-state index contributed by atoms with van der Waals surface area (Å²) in [7, 11) is 0. The van der Waals surface area contributed by atoms with Gasteiger partial charge in [0.25, 0.3) is 0 Å². The lowest BCUT2D eigenvalue weighted by Gasteiger charge is -2.41. The second-order valence-corrected chi connectivity index (χ2v) is 5.34. The Morgan fingerprint density at radius 3 is 2.60 bits per heavy atom. The molecule has 0 aromatic carbocycles. The molecule has 0 aliphatic carbocycles. The van der Waals surface area contributed by atoms with Crippen molar-refractivity contribution in [1.29, 1.82) is 0 Å². The molecule has 1 aliphatic rings. The van der Waals surface area contributed by atoms with Gasteiger partial charge in [-0.25, -0.2) is 0 Å². The van der Waals surface area contributed by atoms with Crippen LogP contribution in [0, 0.1) is 5.41 Å². The van der Waals surface area contributed by atoms with Crippen molar-refractivity contribution >= 4 is 0 Å². The third-order valence-corrected chi connectivity index (χ3v) is 3.24. The Bertz CT molecular complexity index is 177. The lowest BCUT2D eigenvalue weighted by atomic mass is 9.83. The molecule has 0 aromatic rings. The maximum atomic E-state index is 5.86. The molecule has 0 N–H and O–H groups in total. The highest BCUT2D eigenvalue weighted by molar-refractivity contribution is 4.81. The second-order valence-electron chi connectivity index (χ2n) is 5.34. The van der Waals surface area contributed by atoms with E-state index in [1.165, 1.54) is 32.1 Å². The Morgan fingerprint density at radius 2 is 1.93 bits per heavy atom. The van der Waals surface area contributed by atoms with Gasteiger partial charge >= 0.3 is 0 Å². The smallest absolute Gasteiger partial charge is 0.155 e. The average molecular weight is 214 g/mol. The first kappa shape index (κ1) is 13.0. The molecule has 1 fully saturated rings. The van der Waals surface area contributed by atoms with Crippen molar-refractivity contribution in [3.05, 3.63) is 0 Å². The molecule has 1 aliphatic heterocycles. The minimum absolute atomic E-state index is 0.0193. The standard InChI is InChI=1S/C13H26O2/c1-5-6-7-8-9-12-13(3,4)10-14-11(2)15-12/h11-12H,5-10H2,1-4H3/t11-,12+/m1/s1. The van der Waals surface area contributed by atoms with Gasteiger partial charge in [0.2, 0.25) is 0 Å². The number of rotatable bonds is 5. The van der Waals surface area contributed by atoms with E-state index < -0.39 is 0 Å². The fourth-order valence-electron chi connectivity index (χ4n) is 2.10. The first-order chi connectivity index (χ1) is 7.06. The molecule has 0 amide bonds. The summed E-state index contributed by atoms with van der Waals surface area (Å²) in [4.78, 5) is 0. The van der Waals surface area contributed by atoms with Crippen molar-refractivity contribution in [1.82, 2.24) is 0 Å². The van der Waals surface area contributed by atoms with E-state index in [2.05, 4.69) is 20.8 Å². The zero-order valence-corrected chi connectivity index (χ0v) is 10.7. The SMILES string of the molecule is CCCCCC[C@@H]1O[C@H](C)OCC1(C)C. The van der Waals surface area contributed by atoms with Gasteiger partial charge in [0.05, 0.1) is 12.7 Å². The molecule has 0 bridgehead atoms. The normalized spacial score (nSPS) is 30.4. The van der Waals surface area contributed by atoms with E-state index in [4.69, 9.17) is 9.47 Å². The van der Waals surface area contributed by atoms with Crippen LogP contribution in [0.1, 0.15) is 59.8 Å². The highest BCUT2D eigenvalue weighted by Crippen LogP contribution is 2.33. The van der Waals surface area contributed by atoms with Crippen molar-refractivity contribution < 1.29 is 9.47 Å². The van der Waals surface area contributed by atoms with Gasteiger partial charge in [-0.15, -0.1) is 0 Å². The summed E-state index contributed by atoms with van der Waals surface area (Å²) in [5.74, 6) is 0. The Balaban J connectivity index is 2.30. The largest absolute Gasteiger partial charge is 0.352 e. The Morgan fingerprint density at radius 1 is 1.20 bits per heavy atom. The predicted molar refractivity (Wildman–Crippen MR) is 62.8 cm³/mol. The van der Waals surface area contributed by atoms with Gasteiger partial charge in [0.15, 0.2) is 6.29 Å². The summed E-state index contributed by atoms with van der Waals surface area (Å²) in [5, 5.41) is 0. The molecule has 1 rings (SSSR count). The van der Waals surface area contributed by atoms with Crippen molar-refractivity contribution in [2.24, 2.45) is 5.41 Å². The molecular weight excluding hydrogens is 188 g/mol. The molecule has 2 nitrogen and oxygen atoms in total. The van der Waals surface area contributed by atoms with Crippen LogP contribution < -0.4 is 0 Å². The summed E-state index contributed by atoms with van der Waals surface area (Å²) < 4.78 is 11.4. The van der Waals surface area contributed by atoms with Crippen LogP contribution in [0.5, 0.6) is 0 Å². The minimum atomic E-state index is -0.0193. The van der Waals surface area contributed by atoms with Crippen LogP contribution in [0.2, 0.25) is 0 Å². The second kappa shape index (κ2) is 5.86. The highest BCUT2D eigenvalue weighted by atomic mass is 16.7. The molecule has 1 heterocycles. The zero-order chi connectivity index (χ0) is 11.3. The number of hydrogen-bond acceptors (Lipinski definition) is 2. The Hall–Kier alpha value is -0.0800. The Labute approximate surface area is 94.3 Å². The van der Waals surface area contributed by atoms with E-state index in [9.17, 15) is 0 Å². The van der Waals surface area contributed by atoms with Crippen LogP contribution in [0.25, 0.3) is 0 Å². The maximum Gasteiger partial charge on any atom is 0.155 e. The molecular formula is C13H26O2. The molecule has 0 saturated carbocycles. The van der Waals surface area contributed by atoms with Crippen LogP contribution in [-0.2, 0) is 9.47 Å². The van der Waals surface area contributed by atoms with Gasteiger partial charge < -0.3 is 9.47 Å². The maximum absolute atomic E-state index is 5.86. The number of hydrogen-bond donors (Lipinski definition) is 0. The number of unbranched alkanes of at least 4 members (excludes halogenated alkanes) is 3. The van der Waals surface area contributed by atoms with Crippen LogP contribution in [0.4, 0.5) is 0 Å². The van der Waals surface area contributed by atoms with Gasteiger partial charge in [-0.1, -0.05) is 46.5 Å². The van der Waals surface area contributed by atoms with Crippen molar-refractivity contribution in [3.63, 3.8) is 0 Å². The van der Waals surface area contributed by atoms with Crippen LogP contribution >= 0.6 is 0 Å². The molecule has 0 spiro atoms. The summed E-state index contributed by atoms with van der Waals surface area (Å²) >= 11 is 0. The van der Waals surface area contributed by atoms with E-state index in [0.717, 1.165) is 6.61 Å².